The van der Waals surface area contributed by atoms with Crippen LogP contribution in [0.3, 0.4) is 0 Å². The van der Waals surface area contributed by atoms with Crippen LogP contribution >= 0.6 is 0 Å². The van der Waals surface area contributed by atoms with Crippen molar-refractivity contribution in [3.63, 3.8) is 0 Å². The second-order valence-electron chi connectivity index (χ2n) is 6.70. The number of pyridine rings is 1. The van der Waals surface area contributed by atoms with Gasteiger partial charge in [0.25, 0.3) is 0 Å². The zero-order chi connectivity index (χ0) is 19.8. The van der Waals surface area contributed by atoms with Gasteiger partial charge >= 0.3 is 0 Å². The summed E-state index contributed by atoms with van der Waals surface area (Å²) >= 11 is 0. The first-order chi connectivity index (χ1) is 14.2. The summed E-state index contributed by atoms with van der Waals surface area (Å²) in [4.78, 5) is 7.68. The highest BCUT2D eigenvalue weighted by Gasteiger charge is 2.22. The van der Waals surface area contributed by atoms with Crippen LogP contribution in [-0.2, 0) is 11.8 Å². The molecule has 29 heavy (non-hydrogen) atoms. The minimum absolute atomic E-state index is 0.402. The summed E-state index contributed by atoms with van der Waals surface area (Å²) < 4.78 is 13.3. The third-order valence-corrected chi connectivity index (χ3v) is 4.80. The third kappa shape index (κ3) is 3.09. The van der Waals surface area contributed by atoms with Gasteiger partial charge in [0.1, 0.15) is 5.65 Å². The van der Waals surface area contributed by atoms with E-state index in [2.05, 4.69) is 25.3 Å². The van der Waals surface area contributed by atoms with E-state index in [0.717, 1.165) is 33.3 Å². The van der Waals surface area contributed by atoms with E-state index in [-0.39, 0.29) is 0 Å². The van der Waals surface area contributed by atoms with E-state index in [1.807, 2.05) is 68.2 Å². The quantitative estimate of drug-likeness (QED) is 0.494. The number of ether oxygens (including phenoxy) is 1. The number of fused-ring (bicyclic) bond motifs is 1. The lowest BCUT2D eigenvalue weighted by Gasteiger charge is -2.10. The van der Waals surface area contributed by atoms with Crippen LogP contribution in [-0.4, -0.2) is 37.1 Å². The van der Waals surface area contributed by atoms with Crippen LogP contribution in [0.2, 0.25) is 0 Å². The molecule has 144 valence electrons. The molecule has 8 nitrogen and oxygen atoms in total. The molecule has 0 aliphatic rings. The van der Waals surface area contributed by atoms with Crippen LogP contribution in [0.1, 0.15) is 17.6 Å². The van der Waals surface area contributed by atoms with Gasteiger partial charge in [-0.3, -0.25) is 4.68 Å². The maximum Gasteiger partial charge on any atom is 0.250 e. The lowest BCUT2D eigenvalue weighted by Crippen LogP contribution is -2.03. The minimum atomic E-state index is -0.424. The predicted molar refractivity (Wildman–Crippen MR) is 107 cm³/mol. The fraction of sp³-hybridized carbons (Fsp3) is 0.143. The van der Waals surface area contributed by atoms with Gasteiger partial charge in [0.15, 0.2) is 6.10 Å². The first kappa shape index (κ1) is 17.3. The number of hydrogen-bond acceptors (Lipinski definition) is 6. The second-order valence-corrected chi connectivity index (χ2v) is 6.70. The molecule has 1 N–H and O–H groups in total. The zero-order valence-electron chi connectivity index (χ0n) is 15.9. The van der Waals surface area contributed by atoms with Crippen molar-refractivity contribution in [3.8, 4) is 22.6 Å². The van der Waals surface area contributed by atoms with Crippen LogP contribution in [0, 0.1) is 0 Å². The van der Waals surface area contributed by atoms with Gasteiger partial charge in [0, 0.05) is 49.3 Å². The lowest BCUT2D eigenvalue weighted by atomic mass is 10.1. The van der Waals surface area contributed by atoms with Gasteiger partial charge in [0.05, 0.1) is 11.8 Å². The summed E-state index contributed by atoms with van der Waals surface area (Å²) in [6.45, 7) is 0. The van der Waals surface area contributed by atoms with Gasteiger partial charge in [-0.15, -0.1) is 10.2 Å². The average Bonchev–Trinajstić information content (AvgIpc) is 3.48. The number of nitrogens with one attached hydrogen (secondary N) is 1. The van der Waals surface area contributed by atoms with E-state index in [1.165, 1.54) is 0 Å². The molecule has 0 aliphatic carbocycles. The molecular formula is C21H18N6O2. The van der Waals surface area contributed by atoms with E-state index in [4.69, 9.17) is 9.15 Å². The van der Waals surface area contributed by atoms with E-state index >= 15 is 0 Å². The van der Waals surface area contributed by atoms with Gasteiger partial charge in [-0.2, -0.15) is 5.10 Å². The summed E-state index contributed by atoms with van der Waals surface area (Å²) in [5, 5.41) is 13.6. The molecule has 0 bridgehead atoms. The molecule has 0 fully saturated rings. The molecule has 0 aliphatic heterocycles. The summed E-state index contributed by atoms with van der Waals surface area (Å²) in [7, 11) is 3.51. The van der Waals surface area contributed by atoms with Crippen molar-refractivity contribution in [1.82, 2.24) is 29.9 Å². The number of aromatic nitrogens is 6. The molecule has 1 atom stereocenters. The Hall–Kier alpha value is -3.78. The third-order valence-electron chi connectivity index (χ3n) is 4.80. The number of methoxy groups -OCH3 is 1. The van der Waals surface area contributed by atoms with E-state index < -0.39 is 6.10 Å². The standard InChI is InChI=1S/C21H18N6O2/c1-27-12-15(10-24-27)14-8-16-17(11-23-19(16)22-9-14)20-25-26-21(29-20)18(28-2)13-6-4-3-5-7-13/h3-12,18H,1-2H3,(H,22,23). The van der Waals surface area contributed by atoms with Gasteiger partial charge in [0.2, 0.25) is 11.8 Å². The van der Waals surface area contributed by atoms with Crippen molar-refractivity contribution < 1.29 is 9.15 Å². The maximum absolute atomic E-state index is 5.98. The smallest absolute Gasteiger partial charge is 0.250 e. The Kier molecular flexibility index (Phi) is 4.18. The number of nitrogens with zero attached hydrogens (tertiary/aromatic N) is 5. The van der Waals surface area contributed by atoms with Crippen molar-refractivity contribution in [1.29, 1.82) is 0 Å². The van der Waals surface area contributed by atoms with Crippen LogP contribution in [0.25, 0.3) is 33.6 Å². The largest absolute Gasteiger partial charge is 0.417 e. The number of aromatic amines is 1. The molecule has 4 aromatic heterocycles. The van der Waals surface area contributed by atoms with Gasteiger partial charge in [-0.25, -0.2) is 4.98 Å². The first-order valence-electron chi connectivity index (χ1n) is 9.10. The number of rotatable bonds is 5. The maximum atomic E-state index is 5.98. The van der Waals surface area contributed by atoms with Crippen LogP contribution in [0.4, 0.5) is 0 Å². The Bertz CT molecular complexity index is 1270. The highest BCUT2D eigenvalue weighted by molar-refractivity contribution is 5.93. The van der Waals surface area contributed by atoms with E-state index in [0.29, 0.717) is 11.8 Å². The summed E-state index contributed by atoms with van der Waals surface area (Å²) in [5.74, 6) is 0.814. The molecule has 0 saturated heterocycles. The molecule has 5 rings (SSSR count). The zero-order valence-corrected chi connectivity index (χ0v) is 15.9. The summed E-state index contributed by atoms with van der Waals surface area (Å²) in [6.07, 6.45) is 6.97. The normalized spacial score (nSPS) is 12.5. The van der Waals surface area contributed by atoms with Crippen LogP contribution in [0.5, 0.6) is 0 Å². The van der Waals surface area contributed by atoms with Crippen molar-refractivity contribution in [2.75, 3.05) is 7.11 Å². The van der Waals surface area contributed by atoms with Gasteiger partial charge in [-0.1, -0.05) is 30.3 Å². The fourth-order valence-corrected chi connectivity index (χ4v) is 3.37. The van der Waals surface area contributed by atoms with E-state index in [1.54, 1.807) is 11.8 Å². The van der Waals surface area contributed by atoms with Gasteiger partial charge < -0.3 is 14.1 Å². The van der Waals surface area contributed by atoms with Crippen LogP contribution in [0.15, 0.2) is 65.6 Å². The fourth-order valence-electron chi connectivity index (χ4n) is 3.37. The molecule has 0 saturated carbocycles. The SMILES string of the molecule is COC(c1ccccc1)c1nnc(-c2c[nH]c3ncc(-c4cnn(C)c4)cc23)o1. The Morgan fingerprint density at radius 1 is 1.10 bits per heavy atom. The van der Waals surface area contributed by atoms with Crippen molar-refractivity contribution in [2.45, 2.75) is 6.10 Å². The Balaban J connectivity index is 1.54. The molecular weight excluding hydrogens is 368 g/mol. The van der Waals surface area contributed by atoms with Gasteiger partial charge in [-0.05, 0) is 11.6 Å². The second kappa shape index (κ2) is 6.99. The lowest BCUT2D eigenvalue weighted by molar-refractivity contribution is 0.112. The van der Waals surface area contributed by atoms with Crippen molar-refractivity contribution in [3.05, 3.63) is 72.6 Å². The highest BCUT2D eigenvalue weighted by atomic mass is 16.5. The van der Waals surface area contributed by atoms with Crippen LogP contribution < -0.4 is 0 Å². The molecule has 0 radical (unpaired) electrons. The molecule has 1 unspecified atom stereocenters. The first-order valence-corrected chi connectivity index (χ1v) is 9.10. The number of H-pyrrole nitrogens is 1. The molecule has 5 aromatic rings. The summed E-state index contributed by atoms with van der Waals surface area (Å²) in [6, 6.07) is 11.8. The molecule has 4 heterocycles. The molecule has 0 spiro atoms. The number of aryl methyl sites for hydroxylation is 1. The molecule has 8 heteroatoms. The monoisotopic (exact) mass is 386 g/mol. The van der Waals surface area contributed by atoms with E-state index in [9.17, 15) is 0 Å². The predicted octanol–water partition coefficient (Wildman–Crippen LogP) is 3.75. The Labute approximate surface area is 166 Å². The summed E-state index contributed by atoms with van der Waals surface area (Å²) in [5.41, 5.74) is 4.44. The molecule has 1 aromatic carbocycles. The number of benzene rings is 1. The number of hydrogen-bond donors (Lipinski definition) is 1. The van der Waals surface area contributed by atoms with Crippen molar-refractivity contribution in [2.24, 2.45) is 7.05 Å². The topological polar surface area (TPSA) is 94.7 Å². The molecule has 0 amide bonds. The Morgan fingerprint density at radius 3 is 2.72 bits per heavy atom. The minimum Gasteiger partial charge on any atom is -0.417 e. The highest BCUT2D eigenvalue weighted by Crippen LogP contribution is 2.32. The Morgan fingerprint density at radius 2 is 1.97 bits per heavy atom. The average molecular weight is 386 g/mol. The van der Waals surface area contributed by atoms with Crippen molar-refractivity contribution >= 4 is 11.0 Å².